The summed E-state index contributed by atoms with van der Waals surface area (Å²) in [4.78, 5) is 7.88. The summed E-state index contributed by atoms with van der Waals surface area (Å²) in [5.74, 6) is 0. The van der Waals surface area contributed by atoms with Gasteiger partial charge in [0, 0.05) is 13.1 Å². The van der Waals surface area contributed by atoms with E-state index >= 15 is 0 Å². The molecular weight excluding hydrogens is 366 g/mol. The molecule has 30 heavy (non-hydrogen) atoms. The predicted octanol–water partition coefficient (Wildman–Crippen LogP) is 7.16. The summed E-state index contributed by atoms with van der Waals surface area (Å²) in [6.07, 6.45) is 24.6. The summed E-state index contributed by atoms with van der Waals surface area (Å²) >= 11 is 0. The third-order valence-electron chi connectivity index (χ3n) is 7.13. The van der Waals surface area contributed by atoms with Gasteiger partial charge >= 0.3 is 0 Å². The Hall–Kier alpha value is -0.120. The van der Waals surface area contributed by atoms with Crippen molar-refractivity contribution in [3.63, 3.8) is 0 Å². The lowest BCUT2D eigenvalue weighted by molar-refractivity contribution is 0.0346. The summed E-state index contributed by atoms with van der Waals surface area (Å²) in [6, 6.07) is 0. The number of hydrogen-bond acceptors (Lipinski definition) is 3. The van der Waals surface area contributed by atoms with Gasteiger partial charge < -0.3 is 4.90 Å². The van der Waals surface area contributed by atoms with Crippen molar-refractivity contribution in [2.24, 2.45) is 0 Å². The van der Waals surface area contributed by atoms with Crippen molar-refractivity contribution in [2.75, 3.05) is 46.8 Å². The summed E-state index contributed by atoms with van der Waals surface area (Å²) in [6.45, 7) is 11.2. The average molecular weight is 424 g/mol. The van der Waals surface area contributed by atoms with Gasteiger partial charge in [-0.2, -0.15) is 0 Å². The largest absolute Gasteiger partial charge is 0.303 e. The molecule has 0 saturated carbocycles. The molecule has 1 aliphatic rings. The van der Waals surface area contributed by atoms with Crippen molar-refractivity contribution in [1.29, 1.82) is 0 Å². The molecule has 3 heteroatoms. The van der Waals surface area contributed by atoms with Gasteiger partial charge in [-0.15, -0.1) is 0 Å². The number of hydrogen-bond donors (Lipinski definition) is 0. The first-order valence-corrected chi connectivity index (χ1v) is 13.8. The lowest BCUT2D eigenvalue weighted by Crippen LogP contribution is -2.50. The Bertz CT molecular complexity index is 350. The Morgan fingerprint density at radius 1 is 0.567 bits per heavy atom. The lowest BCUT2D eigenvalue weighted by Gasteiger charge is -2.40. The second-order valence-electron chi connectivity index (χ2n) is 10.0. The van der Waals surface area contributed by atoms with Gasteiger partial charge in [-0.3, -0.25) is 9.80 Å². The predicted molar refractivity (Wildman–Crippen MR) is 135 cm³/mol. The second-order valence-corrected chi connectivity index (χ2v) is 10.0. The number of unbranched alkanes of at least 4 members (excludes halogenated alkanes) is 12. The van der Waals surface area contributed by atoms with E-state index in [1.807, 2.05) is 0 Å². The summed E-state index contributed by atoms with van der Waals surface area (Å²) in [5.41, 5.74) is 0. The van der Waals surface area contributed by atoms with Crippen molar-refractivity contribution in [2.45, 2.75) is 129 Å². The van der Waals surface area contributed by atoms with Gasteiger partial charge in [0.25, 0.3) is 0 Å². The van der Waals surface area contributed by atoms with E-state index in [0.29, 0.717) is 6.17 Å². The monoisotopic (exact) mass is 423 g/mol. The normalized spacial score (nSPS) is 16.7. The highest BCUT2D eigenvalue weighted by atomic mass is 15.3. The van der Waals surface area contributed by atoms with Gasteiger partial charge in [0.05, 0.1) is 6.17 Å². The topological polar surface area (TPSA) is 9.72 Å². The van der Waals surface area contributed by atoms with E-state index < -0.39 is 0 Å². The fraction of sp³-hybridized carbons (Fsp3) is 1.00. The van der Waals surface area contributed by atoms with Crippen LogP contribution in [0.3, 0.4) is 0 Å². The van der Waals surface area contributed by atoms with Gasteiger partial charge in [0.2, 0.25) is 0 Å². The van der Waals surface area contributed by atoms with E-state index in [1.54, 1.807) is 0 Å². The summed E-state index contributed by atoms with van der Waals surface area (Å²) in [5, 5.41) is 0. The molecule has 0 radical (unpaired) electrons. The van der Waals surface area contributed by atoms with E-state index in [9.17, 15) is 0 Å². The van der Waals surface area contributed by atoms with Crippen molar-refractivity contribution in [1.82, 2.24) is 14.7 Å². The molecule has 0 spiro atoms. The Morgan fingerprint density at radius 2 is 0.967 bits per heavy atom. The van der Waals surface area contributed by atoms with Crippen molar-refractivity contribution >= 4 is 0 Å². The lowest BCUT2D eigenvalue weighted by atomic mass is 10.0. The fourth-order valence-electron chi connectivity index (χ4n) is 5.05. The van der Waals surface area contributed by atoms with Crippen LogP contribution in [0.1, 0.15) is 123 Å². The van der Waals surface area contributed by atoms with Gasteiger partial charge in [-0.25, -0.2) is 0 Å². The van der Waals surface area contributed by atoms with Crippen LogP contribution < -0.4 is 0 Å². The molecule has 0 N–H and O–H groups in total. The fourth-order valence-corrected chi connectivity index (χ4v) is 5.05. The molecule has 0 aliphatic carbocycles. The molecule has 0 atom stereocenters. The van der Waals surface area contributed by atoms with E-state index in [0.717, 1.165) is 0 Å². The molecule has 0 aromatic rings. The molecule has 1 heterocycles. The first-order chi connectivity index (χ1) is 14.7. The zero-order valence-electron chi connectivity index (χ0n) is 21.5. The quantitative estimate of drug-likeness (QED) is 0.192. The van der Waals surface area contributed by atoms with E-state index in [-0.39, 0.29) is 0 Å². The maximum Gasteiger partial charge on any atom is 0.0617 e. The van der Waals surface area contributed by atoms with Crippen LogP contribution in [-0.4, -0.2) is 67.7 Å². The molecule has 1 aliphatic heterocycles. The molecule has 0 aromatic heterocycles. The van der Waals surface area contributed by atoms with Crippen LogP contribution in [0.15, 0.2) is 0 Å². The molecule has 180 valence electrons. The zero-order chi connectivity index (χ0) is 21.9. The zero-order valence-corrected chi connectivity index (χ0v) is 21.5. The highest BCUT2D eigenvalue weighted by Crippen LogP contribution is 2.18. The van der Waals surface area contributed by atoms with Crippen LogP contribution in [0.5, 0.6) is 0 Å². The minimum atomic E-state index is 0.695. The first-order valence-electron chi connectivity index (χ1n) is 13.8. The van der Waals surface area contributed by atoms with Gasteiger partial charge in [0.1, 0.15) is 0 Å². The summed E-state index contributed by atoms with van der Waals surface area (Å²) in [7, 11) is 4.60. The van der Waals surface area contributed by atoms with Crippen molar-refractivity contribution in [3.05, 3.63) is 0 Å². The Kier molecular flexibility index (Phi) is 18.2. The van der Waals surface area contributed by atoms with Gasteiger partial charge in [0.15, 0.2) is 0 Å². The number of nitrogens with zero attached hydrogens (tertiary/aromatic N) is 3. The van der Waals surface area contributed by atoms with Gasteiger partial charge in [-0.05, 0) is 65.8 Å². The minimum absolute atomic E-state index is 0.695. The van der Waals surface area contributed by atoms with Crippen LogP contribution in [0.4, 0.5) is 0 Å². The molecule has 3 nitrogen and oxygen atoms in total. The van der Waals surface area contributed by atoms with E-state index in [1.165, 1.54) is 142 Å². The maximum atomic E-state index is 2.77. The van der Waals surface area contributed by atoms with E-state index in [4.69, 9.17) is 0 Å². The Labute approximate surface area is 191 Å². The van der Waals surface area contributed by atoms with Crippen molar-refractivity contribution in [3.8, 4) is 0 Å². The third-order valence-corrected chi connectivity index (χ3v) is 7.13. The highest BCUT2D eigenvalue weighted by molar-refractivity contribution is 4.74. The van der Waals surface area contributed by atoms with Crippen LogP contribution in [0.25, 0.3) is 0 Å². The summed E-state index contributed by atoms with van der Waals surface area (Å²) < 4.78 is 0. The molecule has 0 bridgehead atoms. The highest BCUT2D eigenvalue weighted by Gasteiger charge is 2.22. The Balaban J connectivity index is 1.97. The molecule has 0 aromatic carbocycles. The molecule has 0 unspecified atom stereocenters. The van der Waals surface area contributed by atoms with Crippen LogP contribution >= 0.6 is 0 Å². The van der Waals surface area contributed by atoms with Crippen molar-refractivity contribution < 1.29 is 0 Å². The minimum Gasteiger partial charge on any atom is -0.303 e. The molecular formula is C27H57N3. The number of rotatable bonds is 20. The first kappa shape index (κ1) is 27.9. The average Bonchev–Trinajstić information content (AvgIpc) is 2.73. The SMILES string of the molecule is CCCCCCN(CCCCC)CCCCCCCCCCC1N(C)CCCN1C. The Morgan fingerprint density at radius 3 is 1.50 bits per heavy atom. The standard InChI is InChI=1S/C27H57N3/c1-5-7-9-18-25-30(24-17-8-6-2)26-19-15-13-11-10-12-14-16-21-27-28(3)22-20-23-29(27)4/h27H,5-26H2,1-4H3. The van der Waals surface area contributed by atoms with E-state index in [2.05, 4.69) is 42.6 Å². The molecule has 1 saturated heterocycles. The molecule has 1 fully saturated rings. The van der Waals surface area contributed by atoms with Crippen LogP contribution in [-0.2, 0) is 0 Å². The maximum absolute atomic E-state index is 2.77. The smallest absolute Gasteiger partial charge is 0.0617 e. The van der Waals surface area contributed by atoms with Gasteiger partial charge in [-0.1, -0.05) is 90.9 Å². The second kappa shape index (κ2) is 19.6. The molecule has 0 amide bonds. The third kappa shape index (κ3) is 14.0. The van der Waals surface area contributed by atoms with Crippen LogP contribution in [0.2, 0.25) is 0 Å². The van der Waals surface area contributed by atoms with Crippen LogP contribution in [0, 0.1) is 0 Å². The molecule has 1 rings (SSSR count).